The lowest BCUT2D eigenvalue weighted by atomic mass is 10.0. The molecule has 1 amide bonds. The SMILES string of the molecule is CCS(=O)(=O)N(C)C1CCN(C(=O)c2ccc(Cl)cc2I)CC1. The molecule has 0 unspecified atom stereocenters. The lowest BCUT2D eigenvalue weighted by Gasteiger charge is -2.36. The number of nitrogens with zero attached hydrogens (tertiary/aromatic N) is 2. The quantitative estimate of drug-likeness (QED) is 0.636. The van der Waals surface area contributed by atoms with Gasteiger partial charge in [0, 0.05) is 34.8 Å². The average Bonchev–Trinajstić information content (AvgIpc) is 2.53. The van der Waals surface area contributed by atoms with Gasteiger partial charge in [0.25, 0.3) is 5.91 Å². The van der Waals surface area contributed by atoms with Crippen LogP contribution in [0.15, 0.2) is 18.2 Å². The molecule has 1 aromatic carbocycles. The van der Waals surface area contributed by atoms with Gasteiger partial charge >= 0.3 is 0 Å². The predicted molar refractivity (Wildman–Crippen MR) is 100 cm³/mol. The Morgan fingerprint density at radius 1 is 1.39 bits per heavy atom. The topological polar surface area (TPSA) is 57.7 Å². The molecule has 1 fully saturated rings. The van der Waals surface area contributed by atoms with Crippen LogP contribution in [0, 0.1) is 3.57 Å². The van der Waals surface area contributed by atoms with Crippen molar-refractivity contribution in [2.45, 2.75) is 25.8 Å². The first-order valence-corrected chi connectivity index (χ1v) is 10.5. The Bertz CT molecular complexity index is 688. The van der Waals surface area contributed by atoms with Gasteiger partial charge in [-0.25, -0.2) is 12.7 Å². The maximum atomic E-state index is 12.6. The number of carbonyl (C=O) groups excluding carboxylic acids is 1. The van der Waals surface area contributed by atoms with Crippen molar-refractivity contribution in [2.75, 3.05) is 25.9 Å². The van der Waals surface area contributed by atoms with Crippen LogP contribution in [0.4, 0.5) is 0 Å². The van der Waals surface area contributed by atoms with E-state index in [1.54, 1.807) is 37.1 Å². The lowest BCUT2D eigenvalue weighted by Crippen LogP contribution is -2.47. The second-order valence-electron chi connectivity index (χ2n) is 5.56. The van der Waals surface area contributed by atoms with Gasteiger partial charge in [0.2, 0.25) is 10.0 Å². The third kappa shape index (κ3) is 4.37. The van der Waals surface area contributed by atoms with Crippen LogP contribution in [0.3, 0.4) is 0 Å². The molecule has 2 rings (SSSR count). The maximum absolute atomic E-state index is 12.6. The molecule has 0 radical (unpaired) electrons. The molecule has 0 spiro atoms. The number of benzene rings is 1. The van der Waals surface area contributed by atoms with Gasteiger partial charge in [0.15, 0.2) is 0 Å². The molecule has 5 nitrogen and oxygen atoms in total. The normalized spacial score (nSPS) is 16.8. The van der Waals surface area contributed by atoms with Crippen LogP contribution in [0.5, 0.6) is 0 Å². The summed E-state index contributed by atoms with van der Waals surface area (Å²) in [6, 6.07) is 5.19. The largest absolute Gasteiger partial charge is 0.338 e. The number of likely N-dealkylation sites (tertiary alicyclic amines) is 1. The Kier molecular flexibility index (Phi) is 6.32. The van der Waals surface area contributed by atoms with Crippen molar-refractivity contribution in [1.82, 2.24) is 9.21 Å². The van der Waals surface area contributed by atoms with Gasteiger partial charge in [-0.05, 0) is 60.6 Å². The van der Waals surface area contributed by atoms with E-state index < -0.39 is 10.0 Å². The van der Waals surface area contributed by atoms with Gasteiger partial charge in [-0.2, -0.15) is 0 Å². The van der Waals surface area contributed by atoms with Gasteiger partial charge in [-0.1, -0.05) is 11.6 Å². The molecule has 0 atom stereocenters. The molecule has 128 valence electrons. The highest BCUT2D eigenvalue weighted by Gasteiger charge is 2.30. The van der Waals surface area contributed by atoms with Crippen molar-refractivity contribution >= 4 is 50.1 Å². The number of rotatable bonds is 4. The standard InChI is InChI=1S/C15H20ClIN2O3S/c1-3-23(21,22)18(2)12-6-8-19(9-7-12)15(20)13-5-4-11(16)10-14(13)17/h4-5,10,12H,3,6-9H2,1-2H3. The van der Waals surface area contributed by atoms with Gasteiger partial charge < -0.3 is 4.90 Å². The van der Waals surface area contributed by atoms with E-state index in [-0.39, 0.29) is 17.7 Å². The van der Waals surface area contributed by atoms with E-state index in [4.69, 9.17) is 11.6 Å². The summed E-state index contributed by atoms with van der Waals surface area (Å²) in [5.41, 5.74) is 0.642. The molecular formula is C15H20ClIN2O3S. The summed E-state index contributed by atoms with van der Waals surface area (Å²) in [6.07, 6.45) is 1.32. The number of sulfonamides is 1. The smallest absolute Gasteiger partial charge is 0.254 e. The second kappa shape index (κ2) is 7.67. The summed E-state index contributed by atoms with van der Waals surface area (Å²) in [4.78, 5) is 14.4. The number of hydrogen-bond donors (Lipinski definition) is 0. The highest BCUT2D eigenvalue weighted by atomic mass is 127. The first-order chi connectivity index (χ1) is 10.8. The van der Waals surface area contributed by atoms with Crippen LogP contribution in [0.2, 0.25) is 5.02 Å². The average molecular weight is 471 g/mol. The first kappa shape index (κ1) is 19.0. The molecule has 1 aliphatic heterocycles. The molecular weight excluding hydrogens is 451 g/mol. The Morgan fingerprint density at radius 3 is 2.52 bits per heavy atom. The monoisotopic (exact) mass is 470 g/mol. The number of hydrogen-bond acceptors (Lipinski definition) is 3. The Hall–Kier alpha value is -0.380. The molecule has 1 aliphatic rings. The van der Waals surface area contributed by atoms with Crippen LogP contribution < -0.4 is 0 Å². The summed E-state index contributed by atoms with van der Waals surface area (Å²) >= 11 is 8.03. The Labute approximate surface area is 156 Å². The predicted octanol–water partition coefficient (Wildman–Crippen LogP) is 2.83. The molecule has 0 aromatic heterocycles. The summed E-state index contributed by atoms with van der Waals surface area (Å²) in [5, 5.41) is 0.607. The molecule has 0 N–H and O–H groups in total. The molecule has 1 heterocycles. The zero-order chi connectivity index (χ0) is 17.2. The molecule has 1 saturated heterocycles. The van der Waals surface area contributed by atoms with Crippen molar-refractivity contribution in [3.8, 4) is 0 Å². The van der Waals surface area contributed by atoms with E-state index in [9.17, 15) is 13.2 Å². The number of amides is 1. The van der Waals surface area contributed by atoms with Gasteiger partial charge in [0.1, 0.15) is 0 Å². The fourth-order valence-electron chi connectivity index (χ4n) is 2.70. The minimum atomic E-state index is -3.19. The van der Waals surface area contributed by atoms with Gasteiger partial charge in [0.05, 0.1) is 11.3 Å². The van der Waals surface area contributed by atoms with Crippen molar-refractivity contribution in [3.63, 3.8) is 0 Å². The molecule has 8 heteroatoms. The van der Waals surface area contributed by atoms with Crippen LogP contribution in [-0.4, -0.2) is 55.5 Å². The number of halogens is 2. The highest BCUT2D eigenvalue weighted by Crippen LogP contribution is 2.23. The molecule has 0 bridgehead atoms. The van der Waals surface area contributed by atoms with Crippen molar-refractivity contribution in [1.29, 1.82) is 0 Å². The van der Waals surface area contributed by atoms with Gasteiger partial charge in [-0.3, -0.25) is 4.79 Å². The fraction of sp³-hybridized carbons (Fsp3) is 0.533. The summed E-state index contributed by atoms with van der Waals surface area (Å²) in [6.45, 7) is 2.77. The lowest BCUT2D eigenvalue weighted by molar-refractivity contribution is 0.0685. The van der Waals surface area contributed by atoms with E-state index in [0.717, 1.165) is 3.57 Å². The van der Waals surface area contributed by atoms with Crippen molar-refractivity contribution in [2.24, 2.45) is 0 Å². The minimum absolute atomic E-state index is 0.0227. The summed E-state index contributed by atoms with van der Waals surface area (Å²) in [7, 11) is -1.56. The van der Waals surface area contributed by atoms with Crippen LogP contribution in [-0.2, 0) is 10.0 Å². The van der Waals surface area contributed by atoms with Crippen LogP contribution >= 0.6 is 34.2 Å². The zero-order valence-corrected chi connectivity index (χ0v) is 16.9. The molecule has 1 aromatic rings. The molecule has 23 heavy (non-hydrogen) atoms. The van der Waals surface area contributed by atoms with E-state index >= 15 is 0 Å². The van der Waals surface area contributed by atoms with Crippen LogP contribution in [0.25, 0.3) is 0 Å². The van der Waals surface area contributed by atoms with E-state index in [1.165, 1.54) is 4.31 Å². The van der Waals surface area contributed by atoms with E-state index in [0.29, 0.717) is 36.5 Å². The third-order valence-corrected chi connectivity index (χ3v) is 7.26. The zero-order valence-electron chi connectivity index (χ0n) is 13.1. The Balaban J connectivity index is 2.03. The highest BCUT2D eigenvalue weighted by molar-refractivity contribution is 14.1. The van der Waals surface area contributed by atoms with E-state index in [1.807, 2.05) is 0 Å². The number of piperidine rings is 1. The molecule has 0 saturated carbocycles. The minimum Gasteiger partial charge on any atom is -0.338 e. The van der Waals surface area contributed by atoms with E-state index in [2.05, 4.69) is 22.6 Å². The maximum Gasteiger partial charge on any atom is 0.254 e. The summed E-state index contributed by atoms with van der Waals surface area (Å²) in [5.74, 6) is 0.0801. The second-order valence-corrected chi connectivity index (χ2v) is 9.48. The van der Waals surface area contributed by atoms with Gasteiger partial charge in [-0.15, -0.1) is 0 Å². The number of carbonyl (C=O) groups is 1. The Morgan fingerprint density at radius 2 is 2.00 bits per heavy atom. The van der Waals surface area contributed by atoms with Crippen LogP contribution in [0.1, 0.15) is 30.1 Å². The molecule has 0 aliphatic carbocycles. The fourth-order valence-corrected chi connectivity index (χ4v) is 4.87. The van der Waals surface area contributed by atoms with Crippen molar-refractivity contribution < 1.29 is 13.2 Å². The third-order valence-electron chi connectivity index (χ3n) is 4.23. The summed E-state index contributed by atoms with van der Waals surface area (Å²) < 4.78 is 26.2. The first-order valence-electron chi connectivity index (χ1n) is 7.46. The van der Waals surface area contributed by atoms with Crippen molar-refractivity contribution in [3.05, 3.63) is 32.4 Å².